The third-order valence-corrected chi connectivity index (χ3v) is 7.79. The number of carbonyl (C=O) groups is 2. The quantitative estimate of drug-likeness (QED) is 0.398. The molecule has 0 heterocycles. The molecule has 2 aromatic rings. The van der Waals surface area contributed by atoms with Crippen LogP contribution in [0.4, 0.5) is 5.69 Å². The van der Waals surface area contributed by atoms with Crippen LogP contribution < -0.4 is 9.62 Å². The van der Waals surface area contributed by atoms with Crippen molar-refractivity contribution < 1.29 is 18.0 Å². The van der Waals surface area contributed by atoms with E-state index in [0.717, 1.165) is 23.8 Å². The van der Waals surface area contributed by atoms with E-state index in [9.17, 15) is 18.0 Å². The van der Waals surface area contributed by atoms with Crippen molar-refractivity contribution >= 4 is 39.1 Å². The summed E-state index contributed by atoms with van der Waals surface area (Å²) in [5.74, 6) is -0.360. The molecule has 1 unspecified atom stereocenters. The van der Waals surface area contributed by atoms with Gasteiger partial charge in [-0.3, -0.25) is 13.9 Å². The Labute approximate surface area is 220 Å². The van der Waals surface area contributed by atoms with Crippen LogP contribution in [0.15, 0.2) is 42.5 Å². The Kier molecular flexibility index (Phi) is 11.2. The topological polar surface area (TPSA) is 86.8 Å². The predicted octanol–water partition coefficient (Wildman–Crippen LogP) is 4.84. The van der Waals surface area contributed by atoms with Gasteiger partial charge in [0.1, 0.15) is 6.04 Å². The van der Waals surface area contributed by atoms with E-state index < -0.39 is 16.1 Å². The molecule has 0 aliphatic rings. The van der Waals surface area contributed by atoms with Crippen LogP contribution in [0.2, 0.25) is 5.02 Å². The number of carbonyl (C=O) groups excluding carboxylic acids is 2. The third kappa shape index (κ3) is 7.96. The van der Waals surface area contributed by atoms with E-state index >= 15 is 0 Å². The Balaban J connectivity index is 2.25. The number of hydrogen-bond donors (Lipinski definition) is 1. The van der Waals surface area contributed by atoms with Crippen LogP contribution in [0, 0.1) is 13.8 Å². The van der Waals surface area contributed by atoms with Gasteiger partial charge in [-0.1, -0.05) is 55.8 Å². The zero-order valence-corrected chi connectivity index (χ0v) is 23.5. The first-order chi connectivity index (χ1) is 17.0. The van der Waals surface area contributed by atoms with Crippen LogP contribution in [0.1, 0.15) is 56.2 Å². The first-order valence-corrected chi connectivity index (χ1v) is 14.6. The number of sulfonamides is 1. The average Bonchev–Trinajstić information content (AvgIpc) is 2.82. The highest BCUT2D eigenvalue weighted by Crippen LogP contribution is 2.28. The zero-order chi connectivity index (χ0) is 26.9. The number of halogens is 1. The summed E-state index contributed by atoms with van der Waals surface area (Å²) in [6, 6.07) is 12.3. The molecule has 0 aliphatic carbocycles. The average molecular weight is 536 g/mol. The second-order valence-corrected chi connectivity index (χ2v) is 11.3. The van der Waals surface area contributed by atoms with E-state index in [1.165, 1.54) is 4.31 Å². The second-order valence-electron chi connectivity index (χ2n) is 8.99. The van der Waals surface area contributed by atoms with Gasteiger partial charge >= 0.3 is 0 Å². The Morgan fingerprint density at radius 3 is 2.36 bits per heavy atom. The number of amides is 2. The number of anilines is 1. The number of nitrogens with zero attached hydrogens (tertiary/aromatic N) is 2. The summed E-state index contributed by atoms with van der Waals surface area (Å²) in [6.45, 7) is 8.60. The van der Waals surface area contributed by atoms with Gasteiger partial charge in [0.05, 0.1) is 11.9 Å². The molecule has 36 heavy (non-hydrogen) atoms. The Morgan fingerprint density at radius 2 is 1.75 bits per heavy atom. The van der Waals surface area contributed by atoms with Gasteiger partial charge in [-0.2, -0.15) is 0 Å². The fourth-order valence-electron chi connectivity index (χ4n) is 4.11. The molecular formula is C27H38ClN3O4S. The normalized spacial score (nSPS) is 12.2. The van der Waals surface area contributed by atoms with E-state index in [2.05, 4.69) is 5.32 Å². The van der Waals surface area contributed by atoms with Crippen molar-refractivity contribution in [3.05, 3.63) is 64.2 Å². The van der Waals surface area contributed by atoms with Crippen LogP contribution >= 0.6 is 11.6 Å². The van der Waals surface area contributed by atoms with Crippen molar-refractivity contribution in [1.29, 1.82) is 0 Å². The van der Waals surface area contributed by atoms with Gasteiger partial charge in [0.2, 0.25) is 21.8 Å². The highest BCUT2D eigenvalue weighted by atomic mass is 35.5. The van der Waals surface area contributed by atoms with Crippen LogP contribution in [-0.4, -0.2) is 50.5 Å². The minimum Gasteiger partial charge on any atom is -0.354 e. The molecule has 0 spiro atoms. The van der Waals surface area contributed by atoms with Crippen molar-refractivity contribution in [3.8, 4) is 0 Å². The van der Waals surface area contributed by atoms with Crippen LogP contribution in [0.5, 0.6) is 0 Å². The lowest BCUT2D eigenvalue weighted by molar-refractivity contribution is -0.141. The largest absolute Gasteiger partial charge is 0.354 e. The van der Waals surface area contributed by atoms with Crippen molar-refractivity contribution in [1.82, 2.24) is 10.2 Å². The standard InChI is InChI=1S/C27H38ClN3O4S/c1-6-17-29-27(33)24(7-2)30(19-22-13-9-8-12-20(22)3)26(32)16-11-18-31(36(5,34)35)25-15-10-14-23(28)21(25)4/h8-10,12-15,24H,6-7,11,16-19H2,1-5H3,(H,29,33). The Bertz CT molecular complexity index is 1150. The van der Waals surface area contributed by atoms with Gasteiger partial charge in [-0.15, -0.1) is 0 Å². The van der Waals surface area contributed by atoms with Gasteiger partial charge < -0.3 is 10.2 Å². The summed E-state index contributed by atoms with van der Waals surface area (Å²) in [5, 5.41) is 3.39. The summed E-state index contributed by atoms with van der Waals surface area (Å²) >= 11 is 6.22. The molecular weight excluding hydrogens is 498 g/mol. The van der Waals surface area contributed by atoms with E-state index in [0.29, 0.717) is 42.2 Å². The molecule has 198 valence electrons. The van der Waals surface area contributed by atoms with Crippen LogP contribution in [-0.2, 0) is 26.2 Å². The minimum absolute atomic E-state index is 0.106. The minimum atomic E-state index is -3.59. The molecule has 0 aromatic heterocycles. The maximum atomic E-state index is 13.5. The summed E-state index contributed by atoms with van der Waals surface area (Å²) in [6.07, 6.45) is 2.83. The fraction of sp³-hybridized carbons (Fsp3) is 0.481. The second kappa shape index (κ2) is 13.7. The monoisotopic (exact) mass is 535 g/mol. The van der Waals surface area contributed by atoms with Gasteiger partial charge in [0.15, 0.2) is 0 Å². The lowest BCUT2D eigenvalue weighted by atomic mass is 10.1. The lowest BCUT2D eigenvalue weighted by Gasteiger charge is -2.31. The molecule has 2 rings (SSSR count). The van der Waals surface area contributed by atoms with Gasteiger partial charge in [-0.25, -0.2) is 8.42 Å². The summed E-state index contributed by atoms with van der Waals surface area (Å²) in [5.41, 5.74) is 3.18. The molecule has 2 aromatic carbocycles. The van der Waals surface area contributed by atoms with Crippen LogP contribution in [0.25, 0.3) is 0 Å². The molecule has 9 heteroatoms. The summed E-state index contributed by atoms with van der Waals surface area (Å²) in [7, 11) is -3.59. The molecule has 0 aliphatic heterocycles. The number of benzene rings is 2. The van der Waals surface area contributed by atoms with E-state index in [1.54, 1.807) is 30.0 Å². The summed E-state index contributed by atoms with van der Waals surface area (Å²) < 4.78 is 26.4. The smallest absolute Gasteiger partial charge is 0.242 e. The van der Waals surface area contributed by atoms with Crippen molar-refractivity contribution in [2.45, 2.75) is 66.0 Å². The number of rotatable bonds is 13. The van der Waals surface area contributed by atoms with Crippen LogP contribution in [0.3, 0.4) is 0 Å². The van der Waals surface area contributed by atoms with Gasteiger partial charge in [-0.05, 0) is 61.9 Å². The molecule has 1 atom stereocenters. The number of hydrogen-bond acceptors (Lipinski definition) is 4. The van der Waals surface area contributed by atoms with E-state index in [1.807, 2.05) is 45.0 Å². The Morgan fingerprint density at radius 1 is 1.06 bits per heavy atom. The molecule has 0 bridgehead atoms. The number of nitrogens with one attached hydrogen (secondary N) is 1. The molecule has 7 nitrogen and oxygen atoms in total. The first kappa shape index (κ1) is 29.6. The van der Waals surface area contributed by atoms with Gasteiger partial charge in [0, 0.05) is 31.1 Å². The fourth-order valence-corrected chi connectivity index (χ4v) is 5.29. The molecule has 0 radical (unpaired) electrons. The molecule has 1 N–H and O–H groups in total. The maximum absolute atomic E-state index is 13.5. The Hall–Kier alpha value is -2.58. The predicted molar refractivity (Wildman–Crippen MR) is 147 cm³/mol. The SMILES string of the molecule is CCCNC(=O)C(CC)N(Cc1ccccc1C)C(=O)CCCN(c1cccc(Cl)c1C)S(C)(=O)=O. The van der Waals surface area contributed by atoms with Crippen molar-refractivity contribution in [2.24, 2.45) is 0 Å². The summed E-state index contributed by atoms with van der Waals surface area (Å²) in [4.78, 5) is 28.0. The first-order valence-electron chi connectivity index (χ1n) is 12.4. The third-order valence-electron chi connectivity index (χ3n) is 6.20. The maximum Gasteiger partial charge on any atom is 0.242 e. The molecule has 2 amide bonds. The molecule has 0 saturated heterocycles. The molecule has 0 fully saturated rings. The highest BCUT2D eigenvalue weighted by molar-refractivity contribution is 7.92. The van der Waals surface area contributed by atoms with E-state index in [-0.39, 0.29) is 24.8 Å². The lowest BCUT2D eigenvalue weighted by Crippen LogP contribution is -2.49. The van der Waals surface area contributed by atoms with Crippen molar-refractivity contribution in [3.63, 3.8) is 0 Å². The number of aryl methyl sites for hydroxylation is 1. The van der Waals surface area contributed by atoms with Gasteiger partial charge in [0.25, 0.3) is 0 Å². The molecule has 0 saturated carbocycles. The van der Waals surface area contributed by atoms with Crippen molar-refractivity contribution in [2.75, 3.05) is 23.7 Å². The highest BCUT2D eigenvalue weighted by Gasteiger charge is 2.29. The zero-order valence-electron chi connectivity index (χ0n) is 21.9. The van der Waals surface area contributed by atoms with E-state index in [4.69, 9.17) is 11.6 Å².